The van der Waals surface area contributed by atoms with Crippen molar-refractivity contribution in [3.63, 3.8) is 0 Å². The zero-order valence-electron chi connectivity index (χ0n) is 17.1. The average molecular weight is 308 g/mol. The number of rotatable bonds is 2. The van der Waals surface area contributed by atoms with Crippen LogP contribution < -0.4 is 5.73 Å². The van der Waals surface area contributed by atoms with Crippen LogP contribution >= 0.6 is 0 Å². The molecule has 3 N–H and O–H groups in total. The highest BCUT2D eigenvalue weighted by molar-refractivity contribution is 5.84. The van der Waals surface area contributed by atoms with Crippen LogP contribution in [0.25, 0.3) is 0 Å². The maximum Gasteiger partial charge on any atom is 0.240 e. The van der Waals surface area contributed by atoms with Crippen molar-refractivity contribution in [2.75, 3.05) is 0 Å². The van der Waals surface area contributed by atoms with Gasteiger partial charge in [-0.2, -0.15) is 0 Å². The van der Waals surface area contributed by atoms with Crippen LogP contribution in [-0.4, -0.2) is 39.6 Å². The second-order valence-electron chi connectivity index (χ2n) is 8.71. The number of carbonyl (C=O) groups is 1. The van der Waals surface area contributed by atoms with Gasteiger partial charge in [0.15, 0.2) is 0 Å². The number of carbonyl (C=O) groups excluding carboxylic acids is 1. The summed E-state index contributed by atoms with van der Waals surface area (Å²) in [4.78, 5) is 14.7. The van der Waals surface area contributed by atoms with Crippen LogP contribution in [0.4, 0.5) is 0 Å². The Morgan fingerprint density at radius 3 is 2.68 bits per heavy atom. The summed E-state index contributed by atoms with van der Waals surface area (Å²) in [6.07, 6.45) is 3.07. The maximum absolute atomic E-state index is 13.5. The van der Waals surface area contributed by atoms with Gasteiger partial charge in [-0.05, 0) is 81.4 Å². The second kappa shape index (κ2) is 4.07. The Labute approximate surface area is 138 Å². The number of hydrogen-bond acceptors (Lipinski definition) is 3. The van der Waals surface area contributed by atoms with Gasteiger partial charge in [-0.1, -0.05) is 0 Å². The fourth-order valence-corrected chi connectivity index (χ4v) is 6.43. The summed E-state index contributed by atoms with van der Waals surface area (Å²) in [5, 5.41) is 11.0. The Morgan fingerprint density at radius 1 is 1.41 bits per heavy atom. The van der Waals surface area contributed by atoms with Crippen molar-refractivity contribution < 1.29 is 15.4 Å². The summed E-state index contributed by atoms with van der Waals surface area (Å²) < 4.78 is 33.6. The van der Waals surface area contributed by atoms with Crippen molar-refractivity contribution in [1.29, 1.82) is 0 Å². The van der Waals surface area contributed by atoms with Crippen LogP contribution in [0, 0.1) is 23.2 Å². The molecule has 6 rings (SSSR count). The molecule has 1 amide bonds. The third kappa shape index (κ3) is 1.74. The van der Waals surface area contributed by atoms with E-state index in [1.54, 1.807) is 6.92 Å². The molecule has 0 spiro atoms. The molecular weight excluding hydrogens is 276 g/mol. The van der Waals surface area contributed by atoms with Crippen LogP contribution in [0.3, 0.4) is 0 Å². The van der Waals surface area contributed by atoms with Crippen LogP contribution in [0.2, 0.25) is 0 Å². The normalized spacial score (nSPS) is 65.9. The zero-order chi connectivity index (χ0) is 18.9. The summed E-state index contributed by atoms with van der Waals surface area (Å²) in [5.41, 5.74) is 4.86. The molecule has 2 unspecified atom stereocenters. The first kappa shape index (κ1) is 10.3. The molecule has 22 heavy (non-hydrogen) atoms. The molecule has 1 aliphatic heterocycles. The fraction of sp³-hybridized carbons (Fsp3) is 0.944. The second-order valence-corrected chi connectivity index (χ2v) is 8.71. The maximum atomic E-state index is 13.5. The number of nitrogens with two attached hydrogens (primary N) is 1. The number of amides is 1. The zero-order valence-corrected chi connectivity index (χ0v) is 13.1. The summed E-state index contributed by atoms with van der Waals surface area (Å²) in [6, 6.07) is -3.78. The SMILES string of the molecule is [2H]C1([2H])[C@H]2C[C@@]([2H])(C)N(C(=O)[C@@]([2H])(N)C34CC5CC(CC(O)(C5)C3)C4)[C@H]21. The van der Waals surface area contributed by atoms with Crippen LogP contribution in [0.5, 0.6) is 0 Å². The molecule has 1 saturated heterocycles. The number of fused-ring (bicyclic) bond motifs is 1. The number of nitrogens with zero attached hydrogens (tertiary/aromatic N) is 1. The van der Waals surface area contributed by atoms with Crippen molar-refractivity contribution in [1.82, 2.24) is 4.90 Å². The molecule has 0 aromatic rings. The minimum atomic E-state index is -1.92. The van der Waals surface area contributed by atoms with Gasteiger partial charge in [-0.25, -0.2) is 0 Å². The summed E-state index contributed by atoms with van der Waals surface area (Å²) >= 11 is 0. The van der Waals surface area contributed by atoms with Gasteiger partial charge in [0.1, 0.15) is 0 Å². The quantitative estimate of drug-likeness (QED) is 0.815. The van der Waals surface area contributed by atoms with E-state index >= 15 is 0 Å². The molecule has 5 aliphatic carbocycles. The van der Waals surface area contributed by atoms with E-state index in [0.717, 1.165) is 19.3 Å². The van der Waals surface area contributed by atoms with Crippen LogP contribution in [0.15, 0.2) is 0 Å². The topological polar surface area (TPSA) is 66.6 Å². The van der Waals surface area contributed by atoms with E-state index in [4.69, 9.17) is 11.2 Å². The standard InChI is InChI=1S/C18H28N2O2/c1-10-2-13-4-14(13)20(10)16(21)15(19)17-5-11-3-12(6-17)8-18(22,7-11)9-17/h10-15,22H,2-9,19H2,1H3/t10-,11?,12?,13-,14+,15-,17?,18?/m1/s1/i4D2,10D,15D. The lowest BCUT2D eigenvalue weighted by Crippen LogP contribution is -2.64. The highest BCUT2D eigenvalue weighted by atomic mass is 16.3. The Morgan fingerprint density at radius 2 is 2.09 bits per heavy atom. The monoisotopic (exact) mass is 308 g/mol. The molecule has 4 nitrogen and oxygen atoms in total. The van der Waals surface area contributed by atoms with Crippen LogP contribution in [0.1, 0.15) is 63.7 Å². The summed E-state index contributed by atoms with van der Waals surface area (Å²) in [7, 11) is 0. The largest absolute Gasteiger partial charge is 0.390 e. The van der Waals surface area contributed by atoms with Gasteiger partial charge in [0.05, 0.1) is 14.4 Å². The Kier molecular flexibility index (Phi) is 1.91. The number of hydrogen-bond donors (Lipinski definition) is 2. The molecule has 4 heteroatoms. The highest BCUT2D eigenvalue weighted by Gasteiger charge is 2.62. The van der Waals surface area contributed by atoms with E-state index in [2.05, 4.69) is 0 Å². The van der Waals surface area contributed by atoms with Crippen molar-refractivity contribution in [3.05, 3.63) is 0 Å². The van der Waals surface area contributed by atoms with E-state index in [1.165, 1.54) is 4.90 Å². The van der Waals surface area contributed by atoms with Gasteiger partial charge in [0.2, 0.25) is 5.91 Å². The lowest BCUT2D eigenvalue weighted by atomic mass is 9.46. The predicted octanol–water partition coefficient (Wildman–Crippen LogP) is 1.65. The van der Waals surface area contributed by atoms with Gasteiger partial charge >= 0.3 is 0 Å². The predicted molar refractivity (Wildman–Crippen MR) is 82.9 cm³/mol. The first-order valence-electron chi connectivity index (χ1n) is 10.7. The van der Waals surface area contributed by atoms with Crippen molar-refractivity contribution in [2.45, 2.75) is 81.9 Å². The van der Waals surface area contributed by atoms with Crippen molar-refractivity contribution >= 4 is 5.91 Å². The molecule has 6 atom stereocenters. The van der Waals surface area contributed by atoms with Gasteiger partial charge in [-0.15, -0.1) is 0 Å². The number of likely N-dealkylation sites (tertiary alicyclic amines) is 1. The van der Waals surface area contributed by atoms with E-state index in [1.807, 2.05) is 0 Å². The lowest BCUT2D eigenvalue weighted by Gasteiger charge is -2.61. The minimum absolute atomic E-state index is 0.286. The average Bonchev–Trinajstić information content (AvgIpc) is 2.83. The third-order valence-corrected chi connectivity index (χ3v) is 6.91. The smallest absolute Gasteiger partial charge is 0.240 e. The van der Waals surface area contributed by atoms with Gasteiger partial charge in [0.25, 0.3) is 0 Å². The first-order chi connectivity index (χ1) is 11.8. The van der Waals surface area contributed by atoms with Crippen molar-refractivity contribution in [2.24, 2.45) is 28.9 Å². The molecule has 0 aromatic carbocycles. The molecule has 1 heterocycles. The Bertz CT molecular complexity index is 681. The molecule has 6 aliphatic rings. The Balaban J connectivity index is 1.50. The molecule has 4 bridgehead atoms. The molecule has 0 radical (unpaired) electrons. The van der Waals surface area contributed by atoms with E-state index in [-0.39, 0.29) is 12.3 Å². The molecule has 122 valence electrons. The van der Waals surface area contributed by atoms with E-state index in [9.17, 15) is 9.90 Å². The molecule has 5 saturated carbocycles. The van der Waals surface area contributed by atoms with E-state index < -0.39 is 41.4 Å². The number of aliphatic hydroxyl groups is 1. The molecule has 0 aromatic heterocycles. The highest BCUT2D eigenvalue weighted by Crippen LogP contribution is 2.63. The van der Waals surface area contributed by atoms with E-state index in [0.29, 0.717) is 31.1 Å². The van der Waals surface area contributed by atoms with Gasteiger partial charge in [0, 0.05) is 14.8 Å². The molecular formula is C18H28N2O2. The fourth-order valence-electron chi connectivity index (χ4n) is 6.43. The summed E-state index contributed by atoms with van der Waals surface area (Å²) in [5.74, 6) is -0.327. The Hall–Kier alpha value is -0.610. The third-order valence-electron chi connectivity index (χ3n) is 6.91. The minimum Gasteiger partial charge on any atom is -0.390 e. The van der Waals surface area contributed by atoms with Crippen molar-refractivity contribution in [3.8, 4) is 0 Å². The summed E-state index contributed by atoms with van der Waals surface area (Å²) in [6.45, 7) is 1.62. The van der Waals surface area contributed by atoms with Gasteiger partial charge < -0.3 is 15.7 Å². The lowest BCUT2D eigenvalue weighted by molar-refractivity contribution is -0.177. The first-order valence-corrected chi connectivity index (χ1v) is 8.67. The molecule has 6 fully saturated rings. The number of piperidine rings is 1. The van der Waals surface area contributed by atoms with Crippen LogP contribution in [-0.2, 0) is 4.79 Å². The van der Waals surface area contributed by atoms with Gasteiger partial charge in [-0.3, -0.25) is 4.79 Å².